The van der Waals surface area contributed by atoms with Crippen LogP contribution in [0, 0.1) is 5.41 Å². The third-order valence-corrected chi connectivity index (χ3v) is 3.78. The molecule has 1 atom stereocenters. The van der Waals surface area contributed by atoms with Crippen molar-refractivity contribution >= 4 is 0 Å². The summed E-state index contributed by atoms with van der Waals surface area (Å²) in [5.74, 6) is 0. The van der Waals surface area contributed by atoms with Crippen molar-refractivity contribution in [2.24, 2.45) is 5.41 Å². The van der Waals surface area contributed by atoms with Gasteiger partial charge in [0.2, 0.25) is 0 Å². The molecule has 0 saturated heterocycles. The molecule has 0 spiro atoms. The molecule has 1 rings (SSSR count). The Morgan fingerprint density at radius 3 is 2.41 bits per heavy atom. The monoisotopic (exact) mass is 298 g/mol. The van der Waals surface area contributed by atoms with Gasteiger partial charge in [-0.25, -0.2) is 0 Å². The zero-order chi connectivity index (χ0) is 17.0. The molecule has 0 aromatic heterocycles. The van der Waals surface area contributed by atoms with Gasteiger partial charge in [-0.3, -0.25) is 0 Å². The summed E-state index contributed by atoms with van der Waals surface area (Å²) in [5.41, 5.74) is 3.69. The van der Waals surface area contributed by atoms with Crippen molar-refractivity contribution in [3.8, 4) is 0 Å². The second-order valence-corrected chi connectivity index (χ2v) is 5.24. The highest BCUT2D eigenvalue weighted by Crippen LogP contribution is 2.41. The fraction of sp³-hybridized carbons (Fsp3) is 0.333. The van der Waals surface area contributed by atoms with E-state index in [2.05, 4.69) is 70.4 Å². The molecule has 0 aliphatic heterocycles. The van der Waals surface area contributed by atoms with E-state index in [0.29, 0.717) is 0 Å². The largest absolute Gasteiger partial charge is 0.400 e. The Labute approximate surface area is 136 Å². The van der Waals surface area contributed by atoms with Crippen LogP contribution in [0.2, 0.25) is 0 Å². The smallest absolute Gasteiger partial charge is 0.0355 e. The van der Waals surface area contributed by atoms with Gasteiger partial charge in [0.15, 0.2) is 0 Å². The van der Waals surface area contributed by atoms with Gasteiger partial charge in [0.25, 0.3) is 0 Å². The summed E-state index contributed by atoms with van der Waals surface area (Å²) in [6.45, 7) is 14.2. The molecule has 0 aromatic rings. The summed E-state index contributed by atoms with van der Waals surface area (Å²) in [7, 11) is 1.00. The second-order valence-electron chi connectivity index (χ2n) is 5.24. The second kappa shape index (κ2) is 10.8. The highest BCUT2D eigenvalue weighted by atomic mass is 16.2. The Morgan fingerprint density at radius 2 is 1.95 bits per heavy atom. The number of aliphatic hydroxyl groups is 1. The molecule has 1 aliphatic rings. The summed E-state index contributed by atoms with van der Waals surface area (Å²) < 4.78 is 0. The lowest BCUT2D eigenvalue weighted by atomic mass is 9.71. The highest BCUT2D eigenvalue weighted by Gasteiger charge is 2.29. The number of rotatable bonds is 6. The maximum Gasteiger partial charge on any atom is 0.0355 e. The van der Waals surface area contributed by atoms with Crippen molar-refractivity contribution in [3.63, 3.8) is 0 Å². The van der Waals surface area contributed by atoms with Crippen LogP contribution in [0.3, 0.4) is 0 Å². The lowest BCUT2D eigenvalue weighted by Gasteiger charge is -2.32. The first kappa shape index (κ1) is 20.1. The van der Waals surface area contributed by atoms with Crippen LogP contribution in [0.5, 0.6) is 0 Å². The van der Waals surface area contributed by atoms with Crippen molar-refractivity contribution in [3.05, 3.63) is 84.6 Å². The van der Waals surface area contributed by atoms with Gasteiger partial charge in [0.05, 0.1) is 0 Å². The first-order valence-electron chi connectivity index (χ1n) is 7.68. The van der Waals surface area contributed by atoms with E-state index < -0.39 is 0 Å². The molecule has 0 fully saturated rings. The minimum absolute atomic E-state index is 0.143. The predicted octanol–water partition coefficient (Wildman–Crippen LogP) is 5.70. The number of hydrogen-bond donors (Lipinski definition) is 1. The zero-order valence-corrected chi connectivity index (χ0v) is 14.5. The number of allylic oxidation sites excluding steroid dienone is 12. The van der Waals surface area contributed by atoms with Gasteiger partial charge in [-0.15, -0.1) is 0 Å². The van der Waals surface area contributed by atoms with Crippen LogP contribution in [0.15, 0.2) is 84.6 Å². The maximum atomic E-state index is 7.00. The van der Waals surface area contributed by atoms with E-state index in [1.807, 2.05) is 18.2 Å². The molecule has 120 valence electrons. The Bertz CT molecular complexity index is 512. The summed E-state index contributed by atoms with van der Waals surface area (Å²) >= 11 is 0. The van der Waals surface area contributed by atoms with Gasteiger partial charge < -0.3 is 5.11 Å². The van der Waals surface area contributed by atoms with Gasteiger partial charge in [-0.05, 0) is 50.3 Å². The standard InChI is InChI=1S/C20H26.CH4O/c1-6-9-16-20(5,18-14-11-10-12-15-18)19(13-7-2)17(4)8-3;1-2/h6-9,11,13-16H,1,3,10,12H2,2,4-5H3;2H,1H3/b13-7-,16-9+,19-17+;. The SMILES string of the molecule is C=C/C=C/C(C)(C1=CCCC=C1)C(/C=C\C)=C(\C)C=C.CO. The first-order valence-corrected chi connectivity index (χ1v) is 7.68. The lowest BCUT2D eigenvalue weighted by molar-refractivity contribution is 0.399. The van der Waals surface area contributed by atoms with Gasteiger partial charge >= 0.3 is 0 Å². The molecule has 1 N–H and O–H groups in total. The molecule has 0 heterocycles. The van der Waals surface area contributed by atoms with E-state index in [0.717, 1.165) is 20.0 Å². The third-order valence-electron chi connectivity index (χ3n) is 3.78. The first-order chi connectivity index (χ1) is 10.6. The van der Waals surface area contributed by atoms with Gasteiger partial charge in [0, 0.05) is 12.5 Å². The lowest BCUT2D eigenvalue weighted by Crippen LogP contribution is -2.20. The van der Waals surface area contributed by atoms with E-state index in [-0.39, 0.29) is 5.41 Å². The normalized spacial score (nSPS) is 18.1. The summed E-state index contributed by atoms with van der Waals surface area (Å²) in [6, 6.07) is 0. The molecule has 0 radical (unpaired) electrons. The Morgan fingerprint density at radius 1 is 1.27 bits per heavy atom. The Kier molecular flexibility index (Phi) is 9.89. The zero-order valence-electron chi connectivity index (χ0n) is 14.5. The van der Waals surface area contributed by atoms with E-state index in [9.17, 15) is 0 Å². The van der Waals surface area contributed by atoms with Gasteiger partial charge in [-0.1, -0.05) is 67.8 Å². The topological polar surface area (TPSA) is 20.2 Å². The average Bonchev–Trinajstić information content (AvgIpc) is 2.59. The molecule has 1 aliphatic carbocycles. The number of aliphatic hydroxyl groups excluding tert-OH is 1. The Balaban J connectivity index is 0.00000211. The highest BCUT2D eigenvalue weighted by molar-refractivity contribution is 5.49. The van der Waals surface area contributed by atoms with Crippen LogP contribution >= 0.6 is 0 Å². The number of hydrogen-bond acceptors (Lipinski definition) is 1. The molecule has 1 unspecified atom stereocenters. The molecule has 1 nitrogen and oxygen atoms in total. The quantitative estimate of drug-likeness (QED) is 0.624. The Hall–Kier alpha value is -1.86. The van der Waals surface area contributed by atoms with Crippen LogP contribution in [-0.2, 0) is 0 Å². The van der Waals surface area contributed by atoms with Crippen LogP contribution < -0.4 is 0 Å². The summed E-state index contributed by atoms with van der Waals surface area (Å²) in [5, 5.41) is 7.00. The van der Waals surface area contributed by atoms with E-state index in [1.54, 1.807) is 0 Å². The van der Waals surface area contributed by atoms with Crippen molar-refractivity contribution in [1.29, 1.82) is 0 Å². The molecular weight excluding hydrogens is 268 g/mol. The van der Waals surface area contributed by atoms with Crippen molar-refractivity contribution in [2.75, 3.05) is 7.11 Å². The minimum atomic E-state index is -0.143. The fourth-order valence-corrected chi connectivity index (χ4v) is 2.59. The average molecular weight is 298 g/mol. The van der Waals surface area contributed by atoms with Gasteiger partial charge in [-0.2, -0.15) is 0 Å². The maximum absolute atomic E-state index is 7.00. The molecule has 0 aromatic carbocycles. The summed E-state index contributed by atoms with van der Waals surface area (Å²) in [4.78, 5) is 0. The molecule has 0 amide bonds. The molecule has 22 heavy (non-hydrogen) atoms. The van der Waals surface area contributed by atoms with Crippen molar-refractivity contribution in [1.82, 2.24) is 0 Å². The van der Waals surface area contributed by atoms with Crippen LogP contribution in [0.25, 0.3) is 0 Å². The fourth-order valence-electron chi connectivity index (χ4n) is 2.59. The van der Waals surface area contributed by atoms with Crippen LogP contribution in [0.4, 0.5) is 0 Å². The van der Waals surface area contributed by atoms with Crippen LogP contribution in [-0.4, -0.2) is 12.2 Å². The van der Waals surface area contributed by atoms with Crippen molar-refractivity contribution < 1.29 is 5.11 Å². The van der Waals surface area contributed by atoms with Crippen molar-refractivity contribution in [2.45, 2.75) is 33.6 Å². The molecule has 0 saturated carbocycles. The van der Waals surface area contributed by atoms with E-state index in [1.165, 1.54) is 16.7 Å². The molecular formula is C21H30O. The third kappa shape index (κ3) is 5.16. The molecule has 0 bridgehead atoms. The van der Waals surface area contributed by atoms with Crippen LogP contribution in [0.1, 0.15) is 33.6 Å². The van der Waals surface area contributed by atoms with E-state index >= 15 is 0 Å². The van der Waals surface area contributed by atoms with Gasteiger partial charge in [0.1, 0.15) is 0 Å². The predicted molar refractivity (Wildman–Crippen MR) is 99.8 cm³/mol. The minimum Gasteiger partial charge on any atom is -0.400 e. The summed E-state index contributed by atoms with van der Waals surface area (Å²) in [6.07, 6.45) is 21.4. The van der Waals surface area contributed by atoms with E-state index in [4.69, 9.17) is 5.11 Å². The molecule has 1 heteroatoms.